The summed E-state index contributed by atoms with van der Waals surface area (Å²) in [6.07, 6.45) is 0. The average Bonchev–Trinajstić information content (AvgIpc) is 2.34. The molecule has 1 heterocycles. The lowest BCUT2D eigenvalue weighted by Crippen LogP contribution is -2.31. The van der Waals surface area contributed by atoms with Crippen molar-refractivity contribution >= 4 is 5.70 Å². The molecule has 0 unspecified atom stereocenters. The largest absolute Gasteiger partial charge is 0.365 e. The lowest BCUT2D eigenvalue weighted by atomic mass is 9.88. The van der Waals surface area contributed by atoms with Crippen molar-refractivity contribution in [3.8, 4) is 0 Å². The minimum atomic E-state index is 0.0719. The van der Waals surface area contributed by atoms with E-state index >= 15 is 0 Å². The first-order valence-corrected chi connectivity index (χ1v) is 5.41. The van der Waals surface area contributed by atoms with Gasteiger partial charge in [-0.1, -0.05) is 18.7 Å². The monoisotopic (exact) mass is 201 g/mol. The third-order valence-electron chi connectivity index (χ3n) is 3.77. The Bertz CT molecular complexity index is 441. The zero-order valence-corrected chi connectivity index (χ0v) is 10.3. The topological polar surface area (TPSA) is 3.24 Å². The Labute approximate surface area is 92.4 Å². The van der Waals surface area contributed by atoms with Crippen molar-refractivity contribution in [3.05, 3.63) is 41.0 Å². The van der Waals surface area contributed by atoms with Crippen molar-refractivity contribution in [2.24, 2.45) is 0 Å². The first-order chi connectivity index (χ1) is 6.87. The van der Waals surface area contributed by atoms with Crippen LogP contribution in [0, 0.1) is 13.8 Å². The van der Waals surface area contributed by atoms with E-state index in [1.165, 1.54) is 22.3 Å². The summed E-state index contributed by atoms with van der Waals surface area (Å²) in [4.78, 5) is 2.28. The zero-order valence-electron chi connectivity index (χ0n) is 10.3. The van der Waals surface area contributed by atoms with Gasteiger partial charge in [-0.05, 0) is 44.4 Å². The first kappa shape index (κ1) is 10.3. The van der Waals surface area contributed by atoms with Gasteiger partial charge in [-0.2, -0.15) is 0 Å². The molecule has 1 aliphatic heterocycles. The molecule has 1 aromatic carbocycles. The van der Waals surface area contributed by atoms with E-state index < -0.39 is 0 Å². The predicted octanol–water partition coefficient (Wildman–Crippen LogP) is 3.45. The van der Waals surface area contributed by atoms with Gasteiger partial charge in [-0.15, -0.1) is 0 Å². The molecule has 2 rings (SSSR count). The average molecular weight is 201 g/mol. The van der Waals surface area contributed by atoms with Gasteiger partial charge in [0.15, 0.2) is 0 Å². The van der Waals surface area contributed by atoms with Crippen molar-refractivity contribution in [2.75, 3.05) is 7.05 Å². The minimum absolute atomic E-state index is 0.0719. The van der Waals surface area contributed by atoms with E-state index in [9.17, 15) is 0 Å². The third-order valence-corrected chi connectivity index (χ3v) is 3.77. The second-order valence-electron chi connectivity index (χ2n) is 5.01. The minimum Gasteiger partial charge on any atom is -0.365 e. The second kappa shape index (κ2) is 2.88. The van der Waals surface area contributed by atoms with Gasteiger partial charge in [0.25, 0.3) is 0 Å². The van der Waals surface area contributed by atoms with Crippen LogP contribution in [0.3, 0.4) is 0 Å². The number of benzene rings is 1. The molecule has 1 aromatic rings. The van der Waals surface area contributed by atoms with Crippen LogP contribution < -0.4 is 0 Å². The normalized spacial score (nSPS) is 18.2. The summed E-state index contributed by atoms with van der Waals surface area (Å²) in [6.45, 7) is 13.1. The molecular formula is C14H19N. The van der Waals surface area contributed by atoms with Crippen molar-refractivity contribution in [3.63, 3.8) is 0 Å². The van der Waals surface area contributed by atoms with Gasteiger partial charge >= 0.3 is 0 Å². The predicted molar refractivity (Wildman–Crippen MR) is 65.7 cm³/mol. The fourth-order valence-electron chi connectivity index (χ4n) is 2.64. The highest BCUT2D eigenvalue weighted by Gasteiger charge is 2.38. The summed E-state index contributed by atoms with van der Waals surface area (Å²) >= 11 is 0. The van der Waals surface area contributed by atoms with Crippen molar-refractivity contribution < 1.29 is 0 Å². The molecule has 0 bridgehead atoms. The highest BCUT2D eigenvalue weighted by atomic mass is 15.2. The van der Waals surface area contributed by atoms with E-state index in [-0.39, 0.29) is 5.54 Å². The van der Waals surface area contributed by atoms with Crippen LogP contribution in [-0.2, 0) is 5.54 Å². The molecule has 1 nitrogen and oxygen atoms in total. The van der Waals surface area contributed by atoms with Gasteiger partial charge in [0, 0.05) is 18.3 Å². The molecule has 0 aliphatic carbocycles. The highest BCUT2D eigenvalue weighted by Crippen LogP contribution is 2.46. The lowest BCUT2D eigenvalue weighted by Gasteiger charge is -2.31. The van der Waals surface area contributed by atoms with Crippen molar-refractivity contribution in [1.82, 2.24) is 4.90 Å². The van der Waals surface area contributed by atoms with E-state index in [2.05, 4.69) is 58.4 Å². The Morgan fingerprint density at radius 2 is 1.67 bits per heavy atom. The number of rotatable bonds is 0. The molecule has 1 aliphatic rings. The van der Waals surface area contributed by atoms with Crippen LogP contribution in [0.1, 0.15) is 36.1 Å². The highest BCUT2D eigenvalue weighted by molar-refractivity contribution is 5.75. The summed E-state index contributed by atoms with van der Waals surface area (Å²) in [5.74, 6) is 0. The van der Waals surface area contributed by atoms with Crippen LogP contribution in [0.25, 0.3) is 5.70 Å². The molecule has 0 saturated heterocycles. The fraction of sp³-hybridized carbons (Fsp3) is 0.429. The molecule has 0 saturated carbocycles. The Kier molecular flexibility index (Phi) is 1.97. The second-order valence-corrected chi connectivity index (χ2v) is 5.01. The summed E-state index contributed by atoms with van der Waals surface area (Å²) < 4.78 is 0. The maximum absolute atomic E-state index is 4.20. The molecule has 0 atom stereocenters. The maximum atomic E-state index is 4.20. The standard InChI is InChI=1S/C14H19N/c1-9-7-8-10(2)13-12(9)11(3)15(6)14(13,4)5/h7-8H,3H2,1-2,4-6H3. The van der Waals surface area contributed by atoms with Gasteiger partial charge in [0.1, 0.15) is 0 Å². The van der Waals surface area contributed by atoms with Crippen LogP contribution in [-0.4, -0.2) is 11.9 Å². The Balaban J connectivity index is 2.82. The van der Waals surface area contributed by atoms with E-state index in [0.29, 0.717) is 0 Å². The Morgan fingerprint density at radius 1 is 1.13 bits per heavy atom. The lowest BCUT2D eigenvalue weighted by molar-refractivity contribution is 0.263. The molecular weight excluding hydrogens is 182 g/mol. The van der Waals surface area contributed by atoms with Gasteiger partial charge in [0.05, 0.1) is 5.54 Å². The molecule has 0 fully saturated rings. The van der Waals surface area contributed by atoms with Crippen LogP contribution >= 0.6 is 0 Å². The van der Waals surface area contributed by atoms with Crippen LogP contribution in [0.5, 0.6) is 0 Å². The van der Waals surface area contributed by atoms with Gasteiger partial charge in [0.2, 0.25) is 0 Å². The fourth-order valence-corrected chi connectivity index (χ4v) is 2.64. The summed E-state index contributed by atoms with van der Waals surface area (Å²) in [7, 11) is 2.13. The smallest absolute Gasteiger partial charge is 0.0603 e. The third kappa shape index (κ3) is 1.16. The first-order valence-electron chi connectivity index (χ1n) is 5.41. The van der Waals surface area contributed by atoms with E-state index in [1.54, 1.807) is 0 Å². The van der Waals surface area contributed by atoms with E-state index in [4.69, 9.17) is 0 Å². The quantitative estimate of drug-likeness (QED) is 0.621. The van der Waals surface area contributed by atoms with Crippen molar-refractivity contribution in [2.45, 2.75) is 33.2 Å². The van der Waals surface area contributed by atoms with Crippen molar-refractivity contribution in [1.29, 1.82) is 0 Å². The molecule has 80 valence electrons. The Hall–Kier alpha value is -1.24. The number of hydrogen-bond acceptors (Lipinski definition) is 1. The SMILES string of the molecule is C=C1c2c(C)ccc(C)c2C(C)(C)N1C. The molecule has 0 N–H and O–H groups in total. The summed E-state index contributed by atoms with van der Waals surface area (Å²) in [6, 6.07) is 4.40. The molecule has 0 amide bonds. The van der Waals surface area contributed by atoms with Gasteiger partial charge < -0.3 is 4.90 Å². The van der Waals surface area contributed by atoms with Crippen LogP contribution in [0.2, 0.25) is 0 Å². The summed E-state index contributed by atoms with van der Waals surface area (Å²) in [5.41, 5.74) is 6.71. The summed E-state index contributed by atoms with van der Waals surface area (Å²) in [5, 5.41) is 0. The number of fused-ring (bicyclic) bond motifs is 1. The number of nitrogens with zero attached hydrogens (tertiary/aromatic N) is 1. The van der Waals surface area contributed by atoms with Crippen LogP contribution in [0.4, 0.5) is 0 Å². The van der Waals surface area contributed by atoms with Gasteiger partial charge in [-0.3, -0.25) is 0 Å². The molecule has 15 heavy (non-hydrogen) atoms. The van der Waals surface area contributed by atoms with Gasteiger partial charge in [-0.25, -0.2) is 0 Å². The number of aryl methyl sites for hydroxylation is 2. The van der Waals surface area contributed by atoms with E-state index in [0.717, 1.165) is 5.70 Å². The maximum Gasteiger partial charge on any atom is 0.0603 e. The molecule has 0 aromatic heterocycles. The molecule has 0 radical (unpaired) electrons. The van der Waals surface area contributed by atoms with E-state index in [1.807, 2.05) is 0 Å². The zero-order chi connectivity index (χ0) is 11.4. The molecule has 1 heteroatoms. The Morgan fingerprint density at radius 3 is 2.20 bits per heavy atom. The molecule has 0 spiro atoms. The van der Waals surface area contributed by atoms with Crippen LogP contribution in [0.15, 0.2) is 18.7 Å². The number of hydrogen-bond donors (Lipinski definition) is 0.